The van der Waals surface area contributed by atoms with Gasteiger partial charge in [-0.2, -0.15) is 13.2 Å². The van der Waals surface area contributed by atoms with Gasteiger partial charge >= 0.3 is 6.18 Å². The summed E-state index contributed by atoms with van der Waals surface area (Å²) in [5.74, 6) is 1.00. The molecule has 2 aliphatic rings. The molecule has 2 aromatic rings. The summed E-state index contributed by atoms with van der Waals surface area (Å²) in [4.78, 5) is 20.3. The number of hydrogen-bond acceptors (Lipinski definition) is 3. The lowest BCUT2D eigenvalue weighted by molar-refractivity contribution is -0.136. The van der Waals surface area contributed by atoms with E-state index in [1.54, 1.807) is 18.2 Å². The van der Waals surface area contributed by atoms with Crippen LogP contribution in [0.2, 0.25) is 0 Å². The Balaban J connectivity index is 1.55. The zero-order chi connectivity index (χ0) is 20.6. The second-order valence-electron chi connectivity index (χ2n) is 8.41. The largest absolute Gasteiger partial charge is 0.418 e. The fraction of sp³-hybridized carbons (Fsp3) is 0.545. The lowest BCUT2D eigenvalue weighted by Crippen LogP contribution is -2.43. The Morgan fingerprint density at radius 1 is 1.21 bits per heavy atom. The Kier molecular flexibility index (Phi) is 5.40. The first-order chi connectivity index (χ1) is 13.8. The van der Waals surface area contributed by atoms with E-state index in [1.165, 1.54) is 6.20 Å². The zero-order valence-electron chi connectivity index (χ0n) is 16.6. The fourth-order valence-electron chi connectivity index (χ4n) is 4.60. The van der Waals surface area contributed by atoms with Crippen molar-refractivity contribution in [3.63, 3.8) is 0 Å². The number of hydrogen-bond donors (Lipinski definition) is 0. The summed E-state index contributed by atoms with van der Waals surface area (Å²) in [7, 11) is 0. The number of benzene rings is 1. The maximum atomic E-state index is 13.4. The zero-order valence-corrected chi connectivity index (χ0v) is 16.6. The number of piperidine rings is 1. The van der Waals surface area contributed by atoms with Crippen LogP contribution in [0.25, 0.3) is 10.9 Å². The number of pyridine rings is 1. The molecule has 1 aromatic carbocycles. The van der Waals surface area contributed by atoms with Crippen molar-refractivity contribution in [3.05, 3.63) is 36.0 Å². The first-order valence-corrected chi connectivity index (χ1v) is 10.3. The topological polar surface area (TPSA) is 36.4 Å². The van der Waals surface area contributed by atoms with E-state index in [0.29, 0.717) is 23.6 Å². The first kappa shape index (κ1) is 20.0. The van der Waals surface area contributed by atoms with E-state index in [-0.39, 0.29) is 11.4 Å². The minimum absolute atomic E-state index is 0.000220. The highest BCUT2D eigenvalue weighted by Crippen LogP contribution is 2.39. The van der Waals surface area contributed by atoms with E-state index in [1.807, 2.05) is 4.90 Å². The van der Waals surface area contributed by atoms with Crippen LogP contribution in [-0.2, 0) is 11.0 Å². The van der Waals surface area contributed by atoms with Gasteiger partial charge in [-0.3, -0.25) is 9.78 Å². The lowest BCUT2D eigenvalue weighted by atomic mass is 9.86. The summed E-state index contributed by atoms with van der Waals surface area (Å²) < 4.78 is 40.2. The number of nitrogens with zero attached hydrogens (tertiary/aromatic N) is 3. The van der Waals surface area contributed by atoms with Gasteiger partial charge in [0.15, 0.2) is 0 Å². The number of amides is 1. The highest BCUT2D eigenvalue weighted by Gasteiger charge is 2.35. The number of anilines is 1. The van der Waals surface area contributed by atoms with Crippen LogP contribution in [-0.4, -0.2) is 42.0 Å². The van der Waals surface area contributed by atoms with Crippen molar-refractivity contribution in [2.75, 3.05) is 31.1 Å². The quantitative estimate of drug-likeness (QED) is 0.738. The normalized spacial score (nSPS) is 22.6. The van der Waals surface area contributed by atoms with Crippen LogP contribution in [0.3, 0.4) is 0 Å². The molecule has 0 saturated carbocycles. The third kappa shape index (κ3) is 4.19. The van der Waals surface area contributed by atoms with Crippen molar-refractivity contribution in [2.24, 2.45) is 11.8 Å². The molecule has 0 spiro atoms. The van der Waals surface area contributed by atoms with E-state index in [0.717, 1.165) is 57.2 Å². The van der Waals surface area contributed by atoms with Crippen LogP contribution >= 0.6 is 0 Å². The lowest BCUT2D eigenvalue weighted by Gasteiger charge is -2.39. The molecule has 7 heteroatoms. The van der Waals surface area contributed by atoms with Gasteiger partial charge in [-0.15, -0.1) is 0 Å². The van der Waals surface area contributed by atoms with E-state index < -0.39 is 11.7 Å². The number of halogens is 3. The van der Waals surface area contributed by atoms with Gasteiger partial charge in [-0.25, -0.2) is 0 Å². The van der Waals surface area contributed by atoms with Gasteiger partial charge in [0.25, 0.3) is 0 Å². The number of fused-ring (bicyclic) bond motifs is 1. The summed E-state index contributed by atoms with van der Waals surface area (Å²) in [6.07, 6.45) is 0.494. The minimum Gasteiger partial charge on any atom is -0.370 e. The third-order valence-electron chi connectivity index (χ3n) is 6.11. The van der Waals surface area contributed by atoms with E-state index in [2.05, 4.69) is 16.8 Å². The Labute approximate surface area is 168 Å². The SMILES string of the molecule is C[C@H]1C[C@@H](CCC(=O)N2CCC2)CN(c2ccc(C(F)(F)F)c3ncccc23)C1. The summed E-state index contributed by atoms with van der Waals surface area (Å²) in [5.41, 5.74) is 0.102. The van der Waals surface area contributed by atoms with Crippen molar-refractivity contribution in [2.45, 2.75) is 38.8 Å². The minimum atomic E-state index is -4.43. The summed E-state index contributed by atoms with van der Waals surface area (Å²) in [6.45, 7) is 5.47. The number of carbonyl (C=O) groups excluding carboxylic acids is 1. The maximum absolute atomic E-state index is 13.4. The van der Waals surface area contributed by atoms with Gasteiger partial charge in [0, 0.05) is 49.9 Å². The van der Waals surface area contributed by atoms with Crippen LogP contribution in [0.15, 0.2) is 30.5 Å². The molecule has 2 saturated heterocycles. The number of aromatic nitrogens is 1. The Hall–Kier alpha value is -2.31. The molecule has 0 bridgehead atoms. The van der Waals surface area contributed by atoms with Crippen molar-refractivity contribution >= 4 is 22.5 Å². The van der Waals surface area contributed by atoms with E-state index >= 15 is 0 Å². The van der Waals surface area contributed by atoms with Crippen LogP contribution < -0.4 is 4.90 Å². The highest BCUT2D eigenvalue weighted by molar-refractivity contribution is 5.94. The number of alkyl halides is 3. The smallest absolute Gasteiger partial charge is 0.370 e. The monoisotopic (exact) mass is 405 g/mol. The summed E-state index contributed by atoms with van der Waals surface area (Å²) in [5, 5.41) is 0.534. The van der Waals surface area contributed by atoms with Gasteiger partial charge in [0.05, 0.1) is 11.1 Å². The molecule has 0 aliphatic carbocycles. The molecule has 0 radical (unpaired) electrons. The number of likely N-dealkylation sites (tertiary alicyclic amines) is 1. The number of rotatable bonds is 4. The van der Waals surface area contributed by atoms with Crippen LogP contribution in [0.5, 0.6) is 0 Å². The molecule has 29 heavy (non-hydrogen) atoms. The average molecular weight is 405 g/mol. The van der Waals surface area contributed by atoms with Crippen LogP contribution in [0.4, 0.5) is 18.9 Å². The predicted molar refractivity (Wildman–Crippen MR) is 107 cm³/mol. The highest BCUT2D eigenvalue weighted by atomic mass is 19.4. The van der Waals surface area contributed by atoms with Gasteiger partial charge < -0.3 is 9.80 Å². The van der Waals surface area contributed by atoms with Crippen molar-refractivity contribution in [1.82, 2.24) is 9.88 Å². The summed E-state index contributed by atoms with van der Waals surface area (Å²) in [6, 6.07) is 6.12. The van der Waals surface area contributed by atoms with Gasteiger partial charge in [-0.1, -0.05) is 6.92 Å². The molecule has 4 rings (SSSR count). The maximum Gasteiger partial charge on any atom is 0.418 e. The molecular weight excluding hydrogens is 379 g/mol. The van der Waals surface area contributed by atoms with E-state index in [9.17, 15) is 18.0 Å². The van der Waals surface area contributed by atoms with Crippen LogP contribution in [0, 0.1) is 11.8 Å². The van der Waals surface area contributed by atoms with Gasteiger partial charge in [0.2, 0.25) is 5.91 Å². The van der Waals surface area contributed by atoms with Gasteiger partial charge in [-0.05, 0) is 55.4 Å². The molecule has 2 fully saturated rings. The standard InChI is InChI=1S/C22H26F3N3O/c1-15-12-16(5-8-20(29)27-10-3-11-27)14-28(13-15)19-7-6-18(22(23,24)25)21-17(19)4-2-9-26-21/h2,4,6-7,9,15-16H,3,5,8,10-14H2,1H3/t15-,16+/m0/s1. The van der Waals surface area contributed by atoms with E-state index in [4.69, 9.17) is 0 Å². The average Bonchev–Trinajstić information content (AvgIpc) is 2.63. The molecule has 0 unspecified atom stereocenters. The first-order valence-electron chi connectivity index (χ1n) is 10.3. The van der Waals surface area contributed by atoms with Crippen molar-refractivity contribution in [1.29, 1.82) is 0 Å². The third-order valence-corrected chi connectivity index (χ3v) is 6.11. The molecule has 0 N–H and O–H groups in total. The molecular formula is C22H26F3N3O. The molecule has 2 aliphatic heterocycles. The molecule has 1 aromatic heterocycles. The van der Waals surface area contributed by atoms with Crippen molar-refractivity contribution in [3.8, 4) is 0 Å². The molecule has 2 atom stereocenters. The Morgan fingerprint density at radius 2 is 2.00 bits per heavy atom. The number of carbonyl (C=O) groups is 1. The molecule has 4 nitrogen and oxygen atoms in total. The molecule has 1 amide bonds. The molecule has 3 heterocycles. The molecule has 156 valence electrons. The second kappa shape index (κ2) is 7.84. The fourth-order valence-corrected chi connectivity index (χ4v) is 4.60. The van der Waals surface area contributed by atoms with Crippen LogP contribution in [0.1, 0.15) is 38.2 Å². The van der Waals surface area contributed by atoms with Gasteiger partial charge in [0.1, 0.15) is 0 Å². The summed E-state index contributed by atoms with van der Waals surface area (Å²) >= 11 is 0. The second-order valence-corrected chi connectivity index (χ2v) is 8.41. The van der Waals surface area contributed by atoms with Crippen molar-refractivity contribution < 1.29 is 18.0 Å². The Morgan fingerprint density at radius 3 is 2.69 bits per heavy atom. The predicted octanol–water partition coefficient (Wildman–Crippen LogP) is 4.73. The Bertz CT molecular complexity index is 894.